The Bertz CT molecular complexity index is 1060. The van der Waals surface area contributed by atoms with Crippen LogP contribution in [0.25, 0.3) is 11.0 Å². The summed E-state index contributed by atoms with van der Waals surface area (Å²) in [6.07, 6.45) is 1.54. The normalized spacial score (nSPS) is 16.6. The molecule has 6 nitrogen and oxygen atoms in total. The molecule has 2 heterocycles. The lowest BCUT2D eigenvalue weighted by atomic mass is 10.2. The van der Waals surface area contributed by atoms with Crippen LogP contribution in [0.15, 0.2) is 48.5 Å². The largest absolute Gasteiger partial charge is 0.462 e. The monoisotopic (exact) mass is 441 g/mol. The first-order valence-electron chi connectivity index (χ1n) is 10.6. The predicted octanol–water partition coefficient (Wildman–Crippen LogP) is 5.52. The van der Waals surface area contributed by atoms with E-state index in [0.717, 1.165) is 29.4 Å². The number of halogens is 1. The van der Waals surface area contributed by atoms with Crippen LogP contribution >= 0.6 is 11.6 Å². The van der Waals surface area contributed by atoms with Crippen LogP contribution in [0.1, 0.15) is 39.2 Å². The molecule has 1 atom stereocenters. The van der Waals surface area contributed by atoms with Gasteiger partial charge in [0.2, 0.25) is 0 Å². The molecule has 1 aliphatic rings. The fraction of sp³-hybridized carbons (Fsp3) is 0.417. The molecule has 31 heavy (non-hydrogen) atoms. The van der Waals surface area contributed by atoms with Gasteiger partial charge in [0.1, 0.15) is 12.2 Å². The van der Waals surface area contributed by atoms with Gasteiger partial charge in [0, 0.05) is 11.6 Å². The van der Waals surface area contributed by atoms with Crippen LogP contribution in [0.4, 0.5) is 4.79 Å². The number of ether oxygens (including phenoxy) is 2. The standard InChI is InChI=1S/C24H28ClN3O3/c1-24(2,3)31-23(29)27-14-6-7-19(27)16-30-22-26-20-8-4-5-9-21(20)28(22)15-17-10-12-18(25)13-11-17/h4-5,8-13,19H,6-7,14-16H2,1-3H3. The molecule has 1 amide bonds. The van der Waals surface area contributed by atoms with Gasteiger partial charge in [-0.05, 0) is 63.4 Å². The summed E-state index contributed by atoms with van der Waals surface area (Å²) in [6.45, 7) is 7.32. The maximum absolute atomic E-state index is 12.6. The lowest BCUT2D eigenvalue weighted by molar-refractivity contribution is 0.0183. The van der Waals surface area contributed by atoms with Crippen molar-refractivity contribution in [3.8, 4) is 6.01 Å². The third-order valence-corrected chi connectivity index (χ3v) is 5.54. The van der Waals surface area contributed by atoms with Crippen molar-refractivity contribution in [2.45, 2.75) is 51.8 Å². The zero-order valence-electron chi connectivity index (χ0n) is 18.2. The number of carbonyl (C=O) groups is 1. The van der Waals surface area contributed by atoms with Crippen molar-refractivity contribution < 1.29 is 14.3 Å². The molecule has 1 saturated heterocycles. The summed E-state index contributed by atoms with van der Waals surface area (Å²) >= 11 is 6.04. The van der Waals surface area contributed by atoms with Crippen molar-refractivity contribution in [1.29, 1.82) is 0 Å². The topological polar surface area (TPSA) is 56.6 Å². The number of imidazole rings is 1. The van der Waals surface area contributed by atoms with Gasteiger partial charge in [0.25, 0.3) is 6.01 Å². The van der Waals surface area contributed by atoms with Crippen molar-refractivity contribution in [2.24, 2.45) is 0 Å². The predicted molar refractivity (Wildman–Crippen MR) is 122 cm³/mol. The average molecular weight is 442 g/mol. The Morgan fingerprint density at radius 3 is 2.65 bits per heavy atom. The quantitative estimate of drug-likeness (QED) is 0.523. The minimum absolute atomic E-state index is 0.0290. The molecule has 0 radical (unpaired) electrons. The number of aromatic nitrogens is 2. The number of hydrogen-bond acceptors (Lipinski definition) is 4. The molecule has 0 aliphatic carbocycles. The summed E-state index contributed by atoms with van der Waals surface area (Å²) in [6, 6.07) is 16.3. The molecule has 1 unspecified atom stereocenters. The SMILES string of the molecule is CC(C)(C)OC(=O)N1CCCC1COc1nc2ccccc2n1Cc1ccc(Cl)cc1. The van der Waals surface area contributed by atoms with Gasteiger partial charge < -0.3 is 14.4 Å². The molecule has 0 spiro atoms. The van der Waals surface area contributed by atoms with Crippen LogP contribution in [-0.2, 0) is 11.3 Å². The van der Waals surface area contributed by atoms with E-state index >= 15 is 0 Å². The maximum Gasteiger partial charge on any atom is 0.410 e. The highest BCUT2D eigenvalue weighted by molar-refractivity contribution is 6.30. The molecule has 1 fully saturated rings. The van der Waals surface area contributed by atoms with Gasteiger partial charge in [-0.15, -0.1) is 0 Å². The Labute approximate surface area is 187 Å². The molecule has 0 bridgehead atoms. The summed E-state index contributed by atoms with van der Waals surface area (Å²) in [4.78, 5) is 19.0. The van der Waals surface area contributed by atoms with E-state index in [1.165, 1.54) is 0 Å². The number of carbonyl (C=O) groups excluding carboxylic acids is 1. The molecule has 4 rings (SSSR count). The van der Waals surface area contributed by atoms with E-state index in [-0.39, 0.29) is 12.1 Å². The minimum Gasteiger partial charge on any atom is -0.462 e. The first kappa shape index (κ1) is 21.5. The van der Waals surface area contributed by atoms with Gasteiger partial charge in [0.05, 0.1) is 23.6 Å². The third kappa shape index (κ3) is 5.13. The number of likely N-dealkylation sites (tertiary alicyclic amines) is 1. The van der Waals surface area contributed by atoms with E-state index in [2.05, 4.69) is 4.57 Å². The lowest BCUT2D eigenvalue weighted by Crippen LogP contribution is -2.42. The van der Waals surface area contributed by atoms with Gasteiger partial charge in [-0.2, -0.15) is 4.98 Å². The van der Waals surface area contributed by atoms with Gasteiger partial charge in [-0.25, -0.2) is 4.79 Å². The molecule has 2 aromatic carbocycles. The van der Waals surface area contributed by atoms with Gasteiger partial charge in [0.15, 0.2) is 0 Å². The van der Waals surface area contributed by atoms with E-state index in [0.29, 0.717) is 30.7 Å². The number of amides is 1. The Balaban J connectivity index is 1.53. The van der Waals surface area contributed by atoms with Crippen molar-refractivity contribution >= 4 is 28.7 Å². The van der Waals surface area contributed by atoms with E-state index in [4.69, 9.17) is 26.1 Å². The second-order valence-corrected chi connectivity index (χ2v) is 9.31. The van der Waals surface area contributed by atoms with Crippen LogP contribution in [0.5, 0.6) is 6.01 Å². The summed E-state index contributed by atoms with van der Waals surface area (Å²) < 4.78 is 13.8. The Morgan fingerprint density at radius 1 is 1.16 bits per heavy atom. The highest BCUT2D eigenvalue weighted by Gasteiger charge is 2.33. The van der Waals surface area contributed by atoms with Gasteiger partial charge in [-0.3, -0.25) is 4.57 Å². The summed E-state index contributed by atoms with van der Waals surface area (Å²) in [5.41, 5.74) is 2.47. The van der Waals surface area contributed by atoms with Crippen LogP contribution in [0.3, 0.4) is 0 Å². The van der Waals surface area contributed by atoms with Crippen LogP contribution < -0.4 is 4.74 Å². The van der Waals surface area contributed by atoms with Crippen molar-refractivity contribution in [1.82, 2.24) is 14.5 Å². The molecule has 3 aromatic rings. The first-order valence-corrected chi connectivity index (χ1v) is 11.0. The Hall–Kier alpha value is -2.73. The number of nitrogens with zero attached hydrogens (tertiary/aromatic N) is 3. The van der Waals surface area contributed by atoms with Gasteiger partial charge in [-0.1, -0.05) is 35.9 Å². The van der Waals surface area contributed by atoms with Crippen molar-refractivity contribution in [3.05, 3.63) is 59.1 Å². The van der Waals surface area contributed by atoms with E-state index in [1.807, 2.05) is 69.3 Å². The number of fused-ring (bicyclic) bond motifs is 1. The Morgan fingerprint density at radius 2 is 1.90 bits per heavy atom. The first-order chi connectivity index (χ1) is 14.8. The van der Waals surface area contributed by atoms with Crippen molar-refractivity contribution in [2.75, 3.05) is 13.2 Å². The molecule has 1 aromatic heterocycles. The fourth-order valence-electron chi connectivity index (χ4n) is 3.83. The average Bonchev–Trinajstić information content (AvgIpc) is 3.32. The van der Waals surface area contributed by atoms with Crippen LogP contribution in [0.2, 0.25) is 5.02 Å². The molecule has 164 valence electrons. The molecule has 1 aliphatic heterocycles. The number of benzene rings is 2. The summed E-state index contributed by atoms with van der Waals surface area (Å²) in [5.74, 6) is 0. The zero-order chi connectivity index (χ0) is 22.0. The second kappa shape index (κ2) is 8.79. The minimum atomic E-state index is -0.516. The molecule has 7 heteroatoms. The molecular weight excluding hydrogens is 414 g/mol. The van der Waals surface area contributed by atoms with Gasteiger partial charge >= 0.3 is 6.09 Å². The lowest BCUT2D eigenvalue weighted by Gasteiger charge is -2.28. The molecule has 0 N–H and O–H groups in total. The second-order valence-electron chi connectivity index (χ2n) is 8.88. The number of rotatable bonds is 5. The number of para-hydroxylation sites is 2. The van der Waals surface area contributed by atoms with Crippen LogP contribution in [0, 0.1) is 0 Å². The summed E-state index contributed by atoms with van der Waals surface area (Å²) in [7, 11) is 0. The smallest absolute Gasteiger partial charge is 0.410 e. The van der Waals surface area contributed by atoms with E-state index in [9.17, 15) is 4.79 Å². The highest BCUT2D eigenvalue weighted by atomic mass is 35.5. The molecular formula is C24H28ClN3O3. The Kier molecular flexibility index (Phi) is 6.10. The van der Waals surface area contributed by atoms with Crippen molar-refractivity contribution in [3.63, 3.8) is 0 Å². The highest BCUT2D eigenvalue weighted by Crippen LogP contribution is 2.26. The van der Waals surface area contributed by atoms with E-state index < -0.39 is 5.60 Å². The van der Waals surface area contributed by atoms with E-state index in [1.54, 1.807) is 4.90 Å². The zero-order valence-corrected chi connectivity index (χ0v) is 18.9. The maximum atomic E-state index is 12.6. The molecule has 0 saturated carbocycles. The number of hydrogen-bond donors (Lipinski definition) is 0. The van der Waals surface area contributed by atoms with Crippen LogP contribution in [-0.4, -0.2) is 45.3 Å². The fourth-order valence-corrected chi connectivity index (χ4v) is 3.96. The summed E-state index contributed by atoms with van der Waals surface area (Å²) in [5, 5.41) is 0.708. The third-order valence-electron chi connectivity index (χ3n) is 5.28.